The van der Waals surface area contributed by atoms with Crippen molar-refractivity contribution >= 4 is 21.8 Å². The number of carbonyl (C=O) groups is 2. The summed E-state index contributed by atoms with van der Waals surface area (Å²) in [5.74, 6) is 0.222. The van der Waals surface area contributed by atoms with E-state index in [4.69, 9.17) is 4.74 Å². The molecule has 0 saturated carbocycles. The highest BCUT2D eigenvalue weighted by molar-refractivity contribution is 7.90. The van der Waals surface area contributed by atoms with Crippen molar-refractivity contribution in [3.8, 4) is 0 Å². The molecule has 216 valence electrons. The van der Waals surface area contributed by atoms with Crippen LogP contribution in [0.1, 0.15) is 42.9 Å². The Morgan fingerprint density at radius 2 is 1.60 bits per heavy atom. The van der Waals surface area contributed by atoms with Crippen LogP contribution in [0.25, 0.3) is 0 Å². The fourth-order valence-electron chi connectivity index (χ4n) is 6.10. The molecule has 1 spiro atoms. The summed E-state index contributed by atoms with van der Waals surface area (Å²) in [4.78, 5) is 32.9. The van der Waals surface area contributed by atoms with Crippen molar-refractivity contribution in [1.29, 1.82) is 0 Å². The second-order valence-corrected chi connectivity index (χ2v) is 13.3. The quantitative estimate of drug-likeness (QED) is 0.526. The highest BCUT2D eigenvalue weighted by atomic mass is 32.2. The Kier molecular flexibility index (Phi) is 8.77. The predicted molar refractivity (Wildman–Crippen MR) is 152 cm³/mol. The maximum Gasteiger partial charge on any atom is 0.318 e. The lowest BCUT2D eigenvalue weighted by atomic mass is 9.77. The van der Waals surface area contributed by atoms with E-state index in [0.29, 0.717) is 37.7 Å². The highest BCUT2D eigenvalue weighted by Crippen LogP contribution is 2.42. The second-order valence-electron chi connectivity index (χ2n) is 11.3. The first kappa shape index (κ1) is 28.6. The van der Waals surface area contributed by atoms with Crippen LogP contribution >= 0.6 is 0 Å². The molecule has 3 fully saturated rings. The van der Waals surface area contributed by atoms with Gasteiger partial charge in [-0.05, 0) is 62.0 Å². The van der Waals surface area contributed by atoms with Gasteiger partial charge in [0.1, 0.15) is 0 Å². The molecule has 2 aromatic carbocycles. The molecular formula is C30H40N4O5S. The maximum absolute atomic E-state index is 13.5. The van der Waals surface area contributed by atoms with Gasteiger partial charge in [0, 0.05) is 39.0 Å². The molecule has 0 unspecified atom stereocenters. The number of nitrogens with zero attached hydrogens (tertiary/aromatic N) is 3. The van der Waals surface area contributed by atoms with Gasteiger partial charge in [-0.2, -0.15) is 0 Å². The monoisotopic (exact) mass is 568 g/mol. The summed E-state index contributed by atoms with van der Waals surface area (Å²) in [7, 11) is -3.24. The molecule has 0 radical (unpaired) electrons. The van der Waals surface area contributed by atoms with Gasteiger partial charge in [0.25, 0.3) is 0 Å². The van der Waals surface area contributed by atoms with Crippen molar-refractivity contribution in [2.45, 2.75) is 43.2 Å². The zero-order chi connectivity index (χ0) is 28.2. The summed E-state index contributed by atoms with van der Waals surface area (Å²) in [6, 6.07) is 16.8. The molecule has 1 N–H and O–H groups in total. The summed E-state index contributed by atoms with van der Waals surface area (Å²) >= 11 is 0. The van der Waals surface area contributed by atoms with E-state index in [0.717, 1.165) is 63.0 Å². The van der Waals surface area contributed by atoms with E-state index in [-0.39, 0.29) is 23.4 Å². The Labute approximate surface area is 237 Å². The fraction of sp³-hybridized carbons (Fsp3) is 0.533. The van der Waals surface area contributed by atoms with Gasteiger partial charge in [-0.25, -0.2) is 13.2 Å². The first-order chi connectivity index (χ1) is 19.2. The SMILES string of the molecule is CS(=O)(=O)c1ccc(CN2CCC3(CCN(CC[C@H](NC(=O)N4CCOCC4)c4ccccc4)CC3)C2=O)cc1. The van der Waals surface area contributed by atoms with Gasteiger partial charge in [0.05, 0.1) is 29.6 Å². The molecular weight excluding hydrogens is 528 g/mol. The van der Waals surface area contributed by atoms with Gasteiger partial charge in [0.15, 0.2) is 9.84 Å². The number of rotatable bonds is 8. The lowest BCUT2D eigenvalue weighted by Gasteiger charge is -2.38. The number of morpholine rings is 1. The number of likely N-dealkylation sites (tertiary alicyclic amines) is 2. The van der Waals surface area contributed by atoms with E-state index in [2.05, 4.69) is 22.3 Å². The Bertz CT molecular complexity index is 1270. The number of hydrogen-bond donors (Lipinski definition) is 1. The van der Waals surface area contributed by atoms with E-state index in [9.17, 15) is 18.0 Å². The fourth-order valence-corrected chi connectivity index (χ4v) is 6.73. The first-order valence-corrected chi connectivity index (χ1v) is 16.1. The lowest BCUT2D eigenvalue weighted by molar-refractivity contribution is -0.138. The van der Waals surface area contributed by atoms with Gasteiger partial charge in [-0.3, -0.25) is 4.79 Å². The van der Waals surface area contributed by atoms with Crippen LogP contribution in [-0.4, -0.2) is 93.8 Å². The van der Waals surface area contributed by atoms with Gasteiger partial charge in [-0.15, -0.1) is 0 Å². The first-order valence-electron chi connectivity index (χ1n) is 14.2. The van der Waals surface area contributed by atoms with Gasteiger partial charge in [-0.1, -0.05) is 42.5 Å². The maximum atomic E-state index is 13.5. The molecule has 3 amide bonds. The molecule has 3 heterocycles. The Balaban J connectivity index is 1.14. The van der Waals surface area contributed by atoms with Crippen molar-refractivity contribution in [3.63, 3.8) is 0 Å². The Morgan fingerprint density at radius 1 is 0.950 bits per heavy atom. The van der Waals surface area contributed by atoms with Gasteiger partial charge < -0.3 is 24.8 Å². The van der Waals surface area contributed by atoms with Crippen LogP contribution < -0.4 is 5.32 Å². The van der Waals surface area contributed by atoms with Crippen molar-refractivity contribution < 1.29 is 22.7 Å². The van der Waals surface area contributed by atoms with Crippen molar-refractivity contribution in [2.24, 2.45) is 5.41 Å². The summed E-state index contributed by atoms with van der Waals surface area (Å²) in [5, 5.41) is 3.25. The second kappa shape index (κ2) is 12.3. The largest absolute Gasteiger partial charge is 0.378 e. The average Bonchev–Trinajstić information content (AvgIpc) is 3.26. The highest BCUT2D eigenvalue weighted by Gasteiger charge is 2.47. The molecule has 2 aromatic rings. The lowest BCUT2D eigenvalue weighted by Crippen LogP contribution is -2.48. The number of nitrogens with one attached hydrogen (secondary N) is 1. The van der Waals surface area contributed by atoms with Crippen molar-refractivity contribution in [1.82, 2.24) is 20.0 Å². The summed E-state index contributed by atoms with van der Waals surface area (Å²) in [6.07, 6.45) is 4.54. The van der Waals surface area contributed by atoms with Crippen LogP contribution in [0.2, 0.25) is 0 Å². The molecule has 3 aliphatic rings. The minimum atomic E-state index is -3.24. The summed E-state index contributed by atoms with van der Waals surface area (Å²) < 4.78 is 28.9. The molecule has 10 heteroatoms. The molecule has 5 rings (SSSR count). The van der Waals surface area contributed by atoms with Crippen LogP contribution in [0, 0.1) is 5.41 Å². The van der Waals surface area contributed by atoms with Crippen LogP contribution in [0.15, 0.2) is 59.5 Å². The third-order valence-electron chi connectivity index (χ3n) is 8.67. The molecule has 0 aromatic heterocycles. The molecule has 3 saturated heterocycles. The number of hydrogen-bond acceptors (Lipinski definition) is 6. The number of carbonyl (C=O) groups excluding carboxylic acids is 2. The molecule has 9 nitrogen and oxygen atoms in total. The molecule has 40 heavy (non-hydrogen) atoms. The number of sulfone groups is 1. The minimum absolute atomic E-state index is 0.0441. The number of urea groups is 1. The zero-order valence-corrected chi connectivity index (χ0v) is 24.1. The van der Waals surface area contributed by atoms with E-state index < -0.39 is 9.84 Å². The Hall–Kier alpha value is -2.95. The number of benzene rings is 2. The van der Waals surface area contributed by atoms with E-state index in [1.807, 2.05) is 28.0 Å². The molecule has 0 aliphatic carbocycles. The molecule has 0 bridgehead atoms. The third kappa shape index (κ3) is 6.67. The summed E-state index contributed by atoms with van der Waals surface area (Å²) in [5.41, 5.74) is 1.75. The normalized spacial score (nSPS) is 20.6. The van der Waals surface area contributed by atoms with E-state index in [1.54, 1.807) is 24.3 Å². The van der Waals surface area contributed by atoms with Gasteiger partial charge in [0.2, 0.25) is 5.91 Å². The van der Waals surface area contributed by atoms with Gasteiger partial charge >= 0.3 is 6.03 Å². The van der Waals surface area contributed by atoms with E-state index in [1.165, 1.54) is 6.26 Å². The third-order valence-corrected chi connectivity index (χ3v) is 9.80. The smallest absolute Gasteiger partial charge is 0.318 e. The number of ether oxygens (including phenoxy) is 1. The standard InChI is InChI=1S/C30H40N4O5S/c1-40(37,38)26-9-7-24(8-10-26)23-34-18-14-30(28(34)35)12-16-32(17-13-30)15-11-27(25-5-3-2-4-6-25)31-29(36)33-19-21-39-22-20-33/h2-10,27H,11-23H2,1H3,(H,31,36)/t27-/m0/s1. The van der Waals surface area contributed by atoms with Crippen LogP contribution in [0.3, 0.4) is 0 Å². The minimum Gasteiger partial charge on any atom is -0.378 e. The Morgan fingerprint density at radius 3 is 2.25 bits per heavy atom. The predicted octanol–water partition coefficient (Wildman–Crippen LogP) is 3.08. The molecule has 3 aliphatic heterocycles. The van der Waals surface area contributed by atoms with Crippen molar-refractivity contribution in [2.75, 3.05) is 58.7 Å². The average molecular weight is 569 g/mol. The van der Waals surface area contributed by atoms with Crippen molar-refractivity contribution in [3.05, 3.63) is 65.7 Å². The van der Waals surface area contributed by atoms with Crippen LogP contribution in [-0.2, 0) is 25.9 Å². The summed E-state index contributed by atoms with van der Waals surface area (Å²) in [6.45, 7) is 6.19. The number of piperidine rings is 1. The zero-order valence-electron chi connectivity index (χ0n) is 23.3. The topological polar surface area (TPSA) is 99.3 Å². The van der Waals surface area contributed by atoms with Crippen LogP contribution in [0.5, 0.6) is 0 Å². The van der Waals surface area contributed by atoms with E-state index >= 15 is 0 Å². The van der Waals surface area contributed by atoms with Crippen LogP contribution in [0.4, 0.5) is 4.79 Å². The number of amides is 3. The molecule has 1 atom stereocenters.